The Kier molecular flexibility index (Phi) is 4.98. The highest BCUT2D eigenvalue weighted by atomic mass is 32.2. The van der Waals surface area contributed by atoms with Crippen LogP contribution in [-0.4, -0.2) is 30.8 Å². The summed E-state index contributed by atoms with van der Waals surface area (Å²) < 4.78 is 40.0. The van der Waals surface area contributed by atoms with Crippen molar-refractivity contribution in [1.29, 1.82) is 0 Å². The average molecular weight is 261 g/mol. The third-order valence-electron chi connectivity index (χ3n) is 2.27. The van der Waals surface area contributed by atoms with Gasteiger partial charge in [0.15, 0.2) is 0 Å². The summed E-state index contributed by atoms with van der Waals surface area (Å²) in [6.45, 7) is 4.34. The standard InChI is InChI=1S/C10H16FN3O2S/c1-3-14(4-2)17(15,16)13-7-9-5-10(11)8-12-6-9/h5-6,8,13H,3-4,7H2,1-2H3. The number of nitrogens with zero attached hydrogens (tertiary/aromatic N) is 2. The van der Waals surface area contributed by atoms with Gasteiger partial charge in [0.25, 0.3) is 10.2 Å². The monoisotopic (exact) mass is 261 g/mol. The molecule has 0 radical (unpaired) electrons. The van der Waals surface area contributed by atoms with Gasteiger partial charge < -0.3 is 0 Å². The first-order valence-electron chi connectivity index (χ1n) is 5.33. The number of nitrogens with one attached hydrogen (secondary N) is 1. The molecule has 96 valence electrons. The Morgan fingerprint density at radius 2 is 2.00 bits per heavy atom. The summed E-state index contributed by atoms with van der Waals surface area (Å²) in [6, 6.07) is 1.25. The van der Waals surface area contributed by atoms with Gasteiger partial charge in [-0.2, -0.15) is 17.4 Å². The van der Waals surface area contributed by atoms with Crippen LogP contribution in [0.3, 0.4) is 0 Å². The molecule has 0 aromatic carbocycles. The van der Waals surface area contributed by atoms with Crippen molar-refractivity contribution in [3.63, 3.8) is 0 Å². The smallest absolute Gasteiger partial charge is 0.261 e. The Balaban J connectivity index is 2.67. The topological polar surface area (TPSA) is 62.3 Å². The minimum absolute atomic E-state index is 0.0313. The van der Waals surface area contributed by atoms with Crippen molar-refractivity contribution in [3.05, 3.63) is 29.8 Å². The molecule has 0 saturated heterocycles. The van der Waals surface area contributed by atoms with Gasteiger partial charge >= 0.3 is 0 Å². The lowest BCUT2D eigenvalue weighted by molar-refractivity contribution is 0.434. The minimum atomic E-state index is -3.50. The molecule has 7 heteroatoms. The molecule has 0 amide bonds. The van der Waals surface area contributed by atoms with Crippen LogP contribution in [0.15, 0.2) is 18.5 Å². The van der Waals surface area contributed by atoms with Gasteiger partial charge in [-0.15, -0.1) is 0 Å². The van der Waals surface area contributed by atoms with E-state index < -0.39 is 16.0 Å². The van der Waals surface area contributed by atoms with E-state index in [0.29, 0.717) is 18.7 Å². The number of pyridine rings is 1. The normalized spacial score (nSPS) is 12.0. The van der Waals surface area contributed by atoms with E-state index in [1.54, 1.807) is 13.8 Å². The van der Waals surface area contributed by atoms with E-state index in [-0.39, 0.29) is 6.54 Å². The van der Waals surface area contributed by atoms with Gasteiger partial charge in [-0.3, -0.25) is 4.98 Å². The highest BCUT2D eigenvalue weighted by Crippen LogP contribution is 2.03. The summed E-state index contributed by atoms with van der Waals surface area (Å²) in [4.78, 5) is 3.65. The van der Waals surface area contributed by atoms with Crippen molar-refractivity contribution in [3.8, 4) is 0 Å². The Hall–Kier alpha value is -1.05. The summed E-state index contributed by atoms with van der Waals surface area (Å²) in [5.74, 6) is -0.482. The van der Waals surface area contributed by atoms with Crippen LogP contribution in [-0.2, 0) is 16.8 Å². The van der Waals surface area contributed by atoms with Gasteiger partial charge in [0.2, 0.25) is 0 Å². The second-order valence-electron chi connectivity index (χ2n) is 3.42. The molecule has 0 aliphatic heterocycles. The molecule has 0 spiro atoms. The zero-order chi connectivity index (χ0) is 12.9. The number of hydrogen-bond donors (Lipinski definition) is 1. The van der Waals surface area contributed by atoms with Crippen molar-refractivity contribution in [1.82, 2.24) is 14.0 Å². The zero-order valence-corrected chi connectivity index (χ0v) is 10.7. The van der Waals surface area contributed by atoms with Crippen molar-refractivity contribution < 1.29 is 12.8 Å². The maximum absolute atomic E-state index is 12.8. The van der Waals surface area contributed by atoms with E-state index in [4.69, 9.17) is 0 Å². The van der Waals surface area contributed by atoms with Gasteiger partial charge in [-0.1, -0.05) is 13.8 Å². The van der Waals surface area contributed by atoms with Crippen LogP contribution in [0.4, 0.5) is 4.39 Å². The summed E-state index contributed by atoms with van der Waals surface area (Å²) in [5, 5.41) is 0. The van der Waals surface area contributed by atoms with E-state index in [2.05, 4.69) is 9.71 Å². The first-order valence-corrected chi connectivity index (χ1v) is 6.77. The van der Waals surface area contributed by atoms with Crippen LogP contribution in [0, 0.1) is 5.82 Å². The largest absolute Gasteiger partial charge is 0.279 e. The summed E-state index contributed by atoms with van der Waals surface area (Å²) in [5.41, 5.74) is 0.487. The molecule has 0 atom stereocenters. The second kappa shape index (κ2) is 6.04. The fourth-order valence-corrected chi connectivity index (χ4v) is 2.59. The summed E-state index contributed by atoms with van der Waals surface area (Å²) >= 11 is 0. The van der Waals surface area contributed by atoms with Gasteiger partial charge in [0, 0.05) is 25.8 Å². The Bertz CT molecular complexity index is 460. The molecule has 1 N–H and O–H groups in total. The molecule has 1 heterocycles. The SMILES string of the molecule is CCN(CC)S(=O)(=O)NCc1cncc(F)c1. The second-order valence-corrected chi connectivity index (χ2v) is 5.18. The first-order chi connectivity index (χ1) is 7.99. The molecular formula is C10H16FN3O2S. The highest BCUT2D eigenvalue weighted by molar-refractivity contribution is 7.87. The van der Waals surface area contributed by atoms with Gasteiger partial charge in [0.05, 0.1) is 6.20 Å². The van der Waals surface area contributed by atoms with Crippen molar-refractivity contribution in [2.45, 2.75) is 20.4 Å². The molecule has 0 bridgehead atoms. The molecule has 0 fully saturated rings. The van der Waals surface area contributed by atoms with Crippen molar-refractivity contribution in [2.24, 2.45) is 0 Å². The third-order valence-corrected chi connectivity index (χ3v) is 3.97. The zero-order valence-electron chi connectivity index (χ0n) is 9.85. The molecule has 1 aromatic rings. The Morgan fingerprint density at radius 1 is 1.35 bits per heavy atom. The summed E-state index contributed by atoms with van der Waals surface area (Å²) in [6.07, 6.45) is 2.50. The number of rotatable bonds is 6. The van der Waals surface area contributed by atoms with Gasteiger partial charge in [-0.25, -0.2) is 4.39 Å². The van der Waals surface area contributed by atoms with Crippen LogP contribution in [0.1, 0.15) is 19.4 Å². The van der Waals surface area contributed by atoms with Crippen molar-refractivity contribution >= 4 is 10.2 Å². The minimum Gasteiger partial charge on any atom is -0.261 e. The fourth-order valence-electron chi connectivity index (χ4n) is 1.38. The quantitative estimate of drug-likeness (QED) is 0.827. The molecule has 0 aliphatic rings. The van der Waals surface area contributed by atoms with Crippen LogP contribution in [0.2, 0.25) is 0 Å². The van der Waals surface area contributed by atoms with E-state index in [1.165, 1.54) is 16.6 Å². The maximum Gasteiger partial charge on any atom is 0.279 e. The predicted molar refractivity (Wildman–Crippen MR) is 62.9 cm³/mol. The van der Waals surface area contributed by atoms with Crippen LogP contribution >= 0.6 is 0 Å². The molecule has 1 aromatic heterocycles. The molecule has 0 unspecified atom stereocenters. The third kappa shape index (κ3) is 4.03. The van der Waals surface area contributed by atoms with Crippen molar-refractivity contribution in [2.75, 3.05) is 13.1 Å². The Morgan fingerprint density at radius 3 is 2.53 bits per heavy atom. The number of aromatic nitrogens is 1. The van der Waals surface area contributed by atoms with Crippen LogP contribution in [0.25, 0.3) is 0 Å². The lowest BCUT2D eigenvalue weighted by Crippen LogP contribution is -2.40. The predicted octanol–water partition coefficient (Wildman–Crippen LogP) is 0.897. The molecule has 17 heavy (non-hydrogen) atoms. The average Bonchev–Trinajstić information content (AvgIpc) is 2.28. The lowest BCUT2D eigenvalue weighted by Gasteiger charge is -2.18. The number of hydrogen-bond acceptors (Lipinski definition) is 3. The maximum atomic E-state index is 12.8. The number of halogens is 1. The summed E-state index contributed by atoms with van der Waals surface area (Å²) in [7, 11) is -3.50. The first kappa shape index (κ1) is 14.0. The lowest BCUT2D eigenvalue weighted by atomic mass is 10.3. The highest BCUT2D eigenvalue weighted by Gasteiger charge is 2.17. The molecular weight excluding hydrogens is 245 g/mol. The van der Waals surface area contributed by atoms with E-state index in [9.17, 15) is 12.8 Å². The van der Waals surface area contributed by atoms with Crippen LogP contribution < -0.4 is 4.72 Å². The van der Waals surface area contributed by atoms with Gasteiger partial charge in [0.1, 0.15) is 5.82 Å². The molecule has 5 nitrogen and oxygen atoms in total. The van der Waals surface area contributed by atoms with E-state index >= 15 is 0 Å². The molecule has 1 rings (SSSR count). The van der Waals surface area contributed by atoms with E-state index in [0.717, 1.165) is 6.20 Å². The molecule has 0 saturated carbocycles. The van der Waals surface area contributed by atoms with Crippen LogP contribution in [0.5, 0.6) is 0 Å². The fraction of sp³-hybridized carbons (Fsp3) is 0.500. The Labute approximate surface area is 101 Å². The molecule has 0 aliphatic carbocycles. The van der Waals surface area contributed by atoms with Gasteiger partial charge in [-0.05, 0) is 11.6 Å². The van der Waals surface area contributed by atoms with E-state index in [1.807, 2.05) is 0 Å².